The van der Waals surface area contributed by atoms with Crippen LogP contribution in [-0.4, -0.2) is 42.2 Å². The van der Waals surface area contributed by atoms with Gasteiger partial charge in [0.25, 0.3) is 7.41 Å². The molecule has 0 unspecified atom stereocenters. The molecule has 0 saturated heterocycles. The lowest BCUT2D eigenvalue weighted by Gasteiger charge is -2.38. The Bertz CT molecular complexity index is 439. The van der Waals surface area contributed by atoms with Gasteiger partial charge in [0.2, 0.25) is 0 Å². The van der Waals surface area contributed by atoms with Crippen molar-refractivity contribution < 1.29 is 9.90 Å². The van der Waals surface area contributed by atoms with Crippen LogP contribution in [0.5, 0.6) is 0 Å². The molecule has 3 N–H and O–H groups in total. The van der Waals surface area contributed by atoms with E-state index in [0.717, 1.165) is 12.6 Å². The third-order valence-electron chi connectivity index (χ3n) is 3.51. The molecule has 0 aliphatic carbocycles. The van der Waals surface area contributed by atoms with Crippen LogP contribution in [0.1, 0.15) is 16.7 Å². The van der Waals surface area contributed by atoms with Crippen molar-refractivity contribution in [2.24, 2.45) is 5.73 Å². The Morgan fingerprint density at radius 2 is 2.39 bits per heavy atom. The first-order chi connectivity index (χ1) is 8.65. The Hall–Kier alpha value is -1.17. The summed E-state index contributed by atoms with van der Waals surface area (Å²) in [4.78, 5) is 12.6. The lowest BCUT2D eigenvalue weighted by molar-refractivity contribution is 0.0877. The number of nitrogens with zero attached hydrogens (tertiary/aromatic N) is 1. The van der Waals surface area contributed by atoms with Gasteiger partial charge >= 0.3 is 0 Å². The van der Waals surface area contributed by atoms with Crippen molar-refractivity contribution in [3.63, 3.8) is 0 Å². The van der Waals surface area contributed by atoms with E-state index in [0.29, 0.717) is 6.54 Å². The van der Waals surface area contributed by atoms with Crippen LogP contribution in [0.3, 0.4) is 0 Å². The first kappa shape index (κ1) is 13.3. The summed E-state index contributed by atoms with van der Waals surface area (Å²) in [6, 6.07) is 6.19. The summed E-state index contributed by atoms with van der Waals surface area (Å²) in [6.45, 7) is 2.90. The number of benzene rings is 1. The molecular formula is C13H18BN2O2. The average molecular weight is 245 g/mol. The van der Waals surface area contributed by atoms with Gasteiger partial charge in [-0.15, -0.1) is 0 Å². The Balaban J connectivity index is 2.27. The van der Waals surface area contributed by atoms with Crippen LogP contribution < -0.4 is 5.73 Å². The van der Waals surface area contributed by atoms with Crippen molar-refractivity contribution in [1.82, 2.24) is 4.81 Å². The molecule has 95 valence electrons. The molecule has 5 heteroatoms. The van der Waals surface area contributed by atoms with E-state index in [9.17, 15) is 9.90 Å². The van der Waals surface area contributed by atoms with Gasteiger partial charge in [-0.05, 0) is 24.5 Å². The van der Waals surface area contributed by atoms with Crippen LogP contribution in [0, 0.1) is 6.92 Å². The smallest absolute Gasteiger partial charge is 0.293 e. The van der Waals surface area contributed by atoms with Crippen molar-refractivity contribution in [1.29, 1.82) is 0 Å². The van der Waals surface area contributed by atoms with E-state index in [1.807, 2.05) is 4.81 Å². The molecule has 18 heavy (non-hydrogen) atoms. The van der Waals surface area contributed by atoms with E-state index in [-0.39, 0.29) is 12.6 Å². The summed E-state index contributed by atoms with van der Waals surface area (Å²) in [5, 5.41) is 9.96. The van der Waals surface area contributed by atoms with Crippen molar-refractivity contribution in [3.8, 4) is 0 Å². The average Bonchev–Trinajstić information content (AvgIpc) is 2.37. The molecule has 1 heterocycles. The molecule has 0 amide bonds. The third kappa shape index (κ3) is 2.63. The van der Waals surface area contributed by atoms with Crippen molar-refractivity contribution in [3.05, 3.63) is 34.9 Å². The summed E-state index contributed by atoms with van der Waals surface area (Å²) in [5.74, 6) is 0. The number of nitrogens with two attached hydrogens (primary N) is 1. The quantitative estimate of drug-likeness (QED) is 0.572. The minimum absolute atomic E-state index is 0.115. The van der Waals surface area contributed by atoms with Crippen LogP contribution in [0.25, 0.3) is 0 Å². The normalized spacial score (nSPS) is 21.2. The zero-order valence-electron chi connectivity index (χ0n) is 10.5. The minimum Gasteiger partial charge on any atom is -0.390 e. The predicted octanol–water partition coefficient (Wildman–Crippen LogP) is -0.149. The Kier molecular flexibility index (Phi) is 4.17. The van der Waals surface area contributed by atoms with Crippen molar-refractivity contribution in [2.75, 3.05) is 6.54 Å². The number of fused-ring (bicyclic) bond motifs is 1. The van der Waals surface area contributed by atoms with Gasteiger partial charge in [-0.25, -0.2) is 0 Å². The second kappa shape index (κ2) is 5.65. The van der Waals surface area contributed by atoms with E-state index < -0.39 is 6.10 Å². The highest BCUT2D eigenvalue weighted by Crippen LogP contribution is 2.25. The lowest BCUT2D eigenvalue weighted by atomic mass is 9.81. The molecule has 2 rings (SSSR count). The molecule has 0 fully saturated rings. The lowest BCUT2D eigenvalue weighted by Crippen LogP contribution is -2.51. The molecule has 0 spiro atoms. The van der Waals surface area contributed by atoms with Gasteiger partial charge in [-0.1, -0.05) is 23.8 Å². The fourth-order valence-corrected chi connectivity index (χ4v) is 2.51. The second-order valence-electron chi connectivity index (χ2n) is 4.80. The predicted molar refractivity (Wildman–Crippen MR) is 71.8 cm³/mol. The first-order valence-electron chi connectivity index (χ1n) is 6.16. The van der Waals surface area contributed by atoms with E-state index in [1.165, 1.54) is 24.1 Å². The van der Waals surface area contributed by atoms with Crippen LogP contribution in [0.2, 0.25) is 0 Å². The third-order valence-corrected chi connectivity index (χ3v) is 3.51. The maximum atomic E-state index is 10.7. The maximum Gasteiger partial charge on any atom is 0.293 e. The number of hydrogen-bond donors (Lipinski definition) is 2. The Morgan fingerprint density at radius 1 is 1.61 bits per heavy atom. The fourth-order valence-electron chi connectivity index (χ4n) is 2.51. The molecule has 1 aliphatic heterocycles. The summed E-state index contributed by atoms with van der Waals surface area (Å²) in [6.07, 6.45) is 0.866. The molecule has 1 aliphatic rings. The highest BCUT2D eigenvalue weighted by atomic mass is 16.3. The molecule has 1 aromatic rings. The SMILES string of the molecule is Cc1ccc2c(c1)CN([B]C=O)[C@H]([C@H](O)CN)C2. The molecule has 2 atom stereocenters. The maximum absolute atomic E-state index is 10.7. The number of hydrogen-bond acceptors (Lipinski definition) is 4. The fraction of sp³-hybridized carbons (Fsp3) is 0.462. The van der Waals surface area contributed by atoms with Crippen LogP contribution in [0.4, 0.5) is 0 Å². The summed E-state index contributed by atoms with van der Waals surface area (Å²) in [7, 11) is 1.49. The number of carbonyl (C=O) groups is 1. The van der Waals surface area contributed by atoms with E-state index in [4.69, 9.17) is 5.73 Å². The zero-order chi connectivity index (χ0) is 13.1. The number of aliphatic hydroxyl groups is 1. The van der Waals surface area contributed by atoms with E-state index >= 15 is 0 Å². The molecule has 0 aromatic heterocycles. The molecule has 0 saturated carbocycles. The number of aryl methyl sites for hydroxylation is 1. The summed E-state index contributed by atoms with van der Waals surface area (Å²) < 4.78 is 0. The standard InChI is InChI=1S/C13H18BN2O2/c1-9-2-3-10-5-12(13(18)6-15)16(14-8-17)7-11(10)4-9/h2-4,8,12-13,18H,5-7,15H2,1H3/t12-,13+/m0/s1. The van der Waals surface area contributed by atoms with E-state index in [1.54, 1.807) is 0 Å². The van der Waals surface area contributed by atoms with Crippen LogP contribution in [0.15, 0.2) is 18.2 Å². The number of aliphatic hydroxyl groups excluding tert-OH is 1. The molecule has 1 radical (unpaired) electrons. The summed E-state index contributed by atoms with van der Waals surface area (Å²) >= 11 is 0. The molecular weight excluding hydrogens is 227 g/mol. The van der Waals surface area contributed by atoms with Gasteiger partial charge in [0.1, 0.15) is 0 Å². The monoisotopic (exact) mass is 245 g/mol. The highest BCUT2D eigenvalue weighted by Gasteiger charge is 2.30. The number of carbonyl (C=O) groups excluding carboxylic acids is 1. The van der Waals surface area contributed by atoms with Gasteiger partial charge in [0.05, 0.1) is 12.3 Å². The van der Waals surface area contributed by atoms with Crippen LogP contribution in [-0.2, 0) is 17.8 Å². The van der Waals surface area contributed by atoms with Gasteiger partial charge in [-0.3, -0.25) is 0 Å². The van der Waals surface area contributed by atoms with Gasteiger partial charge < -0.3 is 20.4 Å². The highest BCUT2D eigenvalue weighted by molar-refractivity contribution is 6.64. The van der Waals surface area contributed by atoms with Crippen molar-refractivity contribution in [2.45, 2.75) is 32.0 Å². The largest absolute Gasteiger partial charge is 0.390 e. The van der Waals surface area contributed by atoms with Gasteiger partial charge in [0, 0.05) is 19.1 Å². The Labute approximate surface area is 108 Å². The molecule has 0 bridgehead atoms. The minimum atomic E-state index is -0.615. The van der Waals surface area contributed by atoms with E-state index in [2.05, 4.69) is 25.1 Å². The molecule has 4 nitrogen and oxygen atoms in total. The molecule has 1 aromatic carbocycles. The Morgan fingerprint density at radius 3 is 3.06 bits per heavy atom. The topological polar surface area (TPSA) is 66.6 Å². The second-order valence-corrected chi connectivity index (χ2v) is 4.80. The number of rotatable bonds is 4. The van der Waals surface area contributed by atoms with Crippen LogP contribution >= 0.6 is 0 Å². The zero-order valence-corrected chi connectivity index (χ0v) is 10.5. The first-order valence-corrected chi connectivity index (χ1v) is 6.16. The summed E-state index contributed by atoms with van der Waals surface area (Å²) in [5.41, 5.74) is 9.18. The van der Waals surface area contributed by atoms with Gasteiger partial charge in [0.15, 0.2) is 0 Å². The van der Waals surface area contributed by atoms with Gasteiger partial charge in [-0.2, -0.15) is 0 Å². The van der Waals surface area contributed by atoms with Crippen molar-refractivity contribution >= 4 is 13.6 Å².